The van der Waals surface area contributed by atoms with Crippen LogP contribution in [0.5, 0.6) is 17.2 Å². The van der Waals surface area contributed by atoms with Gasteiger partial charge in [0.2, 0.25) is 6.79 Å². The molecule has 0 aliphatic carbocycles. The molecule has 0 radical (unpaired) electrons. The molecule has 0 aromatic heterocycles. The summed E-state index contributed by atoms with van der Waals surface area (Å²) in [7, 11) is 1.65. The molecule has 118 valence electrons. The minimum atomic E-state index is 0.0469. The topological polar surface area (TPSA) is 72.2 Å². The van der Waals surface area contributed by atoms with Crippen molar-refractivity contribution in [2.75, 3.05) is 40.3 Å². The standard InChI is InChI=1S/C15H23NO5/c1-11(16)7-12-8-14-15(21-10-20-14)9-13(12)19-6-5-18-4-3-17-2/h8-9,11H,3-7,10,16H2,1-2H3. The minimum absolute atomic E-state index is 0.0469. The molecule has 0 amide bonds. The molecule has 1 aromatic carbocycles. The maximum Gasteiger partial charge on any atom is 0.231 e. The third-order valence-corrected chi connectivity index (χ3v) is 3.01. The fourth-order valence-corrected chi connectivity index (χ4v) is 2.06. The number of methoxy groups -OCH3 is 1. The summed E-state index contributed by atoms with van der Waals surface area (Å²) in [6.45, 7) is 4.33. The van der Waals surface area contributed by atoms with E-state index in [4.69, 9.17) is 29.4 Å². The molecule has 2 rings (SSSR count). The van der Waals surface area contributed by atoms with Crippen LogP contribution in [0.2, 0.25) is 0 Å². The zero-order valence-electron chi connectivity index (χ0n) is 12.6. The molecule has 0 fully saturated rings. The molecule has 0 bridgehead atoms. The molecule has 2 N–H and O–H groups in total. The number of benzene rings is 1. The Hall–Kier alpha value is -1.50. The summed E-state index contributed by atoms with van der Waals surface area (Å²) in [5.74, 6) is 2.22. The maximum absolute atomic E-state index is 5.88. The van der Waals surface area contributed by atoms with Crippen LogP contribution in [0.25, 0.3) is 0 Å². The first-order valence-electron chi connectivity index (χ1n) is 7.08. The van der Waals surface area contributed by atoms with Crippen molar-refractivity contribution in [3.63, 3.8) is 0 Å². The van der Waals surface area contributed by atoms with Crippen LogP contribution >= 0.6 is 0 Å². The highest BCUT2D eigenvalue weighted by atomic mass is 16.7. The van der Waals surface area contributed by atoms with E-state index in [1.165, 1.54) is 0 Å². The van der Waals surface area contributed by atoms with Crippen LogP contribution in [0.3, 0.4) is 0 Å². The average molecular weight is 297 g/mol. The maximum atomic E-state index is 5.88. The summed E-state index contributed by atoms with van der Waals surface area (Å²) in [5, 5.41) is 0. The van der Waals surface area contributed by atoms with Gasteiger partial charge >= 0.3 is 0 Å². The second-order valence-electron chi connectivity index (χ2n) is 4.95. The average Bonchev–Trinajstić information content (AvgIpc) is 2.89. The molecular formula is C15H23NO5. The van der Waals surface area contributed by atoms with Gasteiger partial charge in [0.25, 0.3) is 0 Å². The number of rotatable bonds is 9. The molecule has 0 saturated heterocycles. The van der Waals surface area contributed by atoms with Gasteiger partial charge in [0.05, 0.1) is 19.8 Å². The molecule has 6 heteroatoms. The van der Waals surface area contributed by atoms with E-state index in [9.17, 15) is 0 Å². The Labute approximate surface area is 125 Å². The molecule has 0 saturated carbocycles. The highest BCUT2D eigenvalue weighted by Gasteiger charge is 2.18. The highest BCUT2D eigenvalue weighted by molar-refractivity contribution is 5.52. The van der Waals surface area contributed by atoms with Crippen LogP contribution in [0.4, 0.5) is 0 Å². The summed E-state index contributed by atoms with van der Waals surface area (Å²) in [4.78, 5) is 0. The highest BCUT2D eigenvalue weighted by Crippen LogP contribution is 2.38. The molecule has 1 unspecified atom stereocenters. The first-order chi connectivity index (χ1) is 10.2. The van der Waals surface area contributed by atoms with Crippen LogP contribution in [-0.4, -0.2) is 46.4 Å². The van der Waals surface area contributed by atoms with Crippen LogP contribution in [0.15, 0.2) is 12.1 Å². The van der Waals surface area contributed by atoms with Gasteiger partial charge < -0.3 is 29.4 Å². The fourth-order valence-electron chi connectivity index (χ4n) is 2.06. The van der Waals surface area contributed by atoms with Gasteiger partial charge in [-0.25, -0.2) is 0 Å². The van der Waals surface area contributed by atoms with Gasteiger partial charge in [-0.15, -0.1) is 0 Å². The Morgan fingerprint density at radius 3 is 2.57 bits per heavy atom. The van der Waals surface area contributed by atoms with Crippen molar-refractivity contribution < 1.29 is 23.7 Å². The second-order valence-corrected chi connectivity index (χ2v) is 4.95. The third kappa shape index (κ3) is 4.77. The zero-order chi connectivity index (χ0) is 15.1. The van der Waals surface area contributed by atoms with Gasteiger partial charge in [-0.2, -0.15) is 0 Å². The van der Waals surface area contributed by atoms with E-state index < -0.39 is 0 Å². The largest absolute Gasteiger partial charge is 0.491 e. The first-order valence-corrected chi connectivity index (χ1v) is 7.08. The Bertz CT molecular complexity index is 450. The van der Waals surface area contributed by atoms with Gasteiger partial charge in [0.1, 0.15) is 12.4 Å². The monoisotopic (exact) mass is 297 g/mol. The smallest absolute Gasteiger partial charge is 0.231 e. The lowest BCUT2D eigenvalue weighted by atomic mass is 10.1. The summed E-state index contributed by atoms with van der Waals surface area (Å²) >= 11 is 0. The van der Waals surface area contributed by atoms with Crippen molar-refractivity contribution in [1.82, 2.24) is 0 Å². The molecule has 6 nitrogen and oxygen atoms in total. The number of fused-ring (bicyclic) bond motifs is 1. The lowest BCUT2D eigenvalue weighted by Gasteiger charge is -2.14. The molecular weight excluding hydrogens is 274 g/mol. The van der Waals surface area contributed by atoms with Crippen LogP contribution < -0.4 is 19.9 Å². The van der Waals surface area contributed by atoms with Crippen molar-refractivity contribution in [1.29, 1.82) is 0 Å². The lowest BCUT2D eigenvalue weighted by Crippen LogP contribution is -2.18. The normalized spacial score (nSPS) is 14.2. The van der Waals surface area contributed by atoms with E-state index in [-0.39, 0.29) is 12.8 Å². The molecule has 1 atom stereocenters. The van der Waals surface area contributed by atoms with E-state index in [0.29, 0.717) is 32.2 Å². The van der Waals surface area contributed by atoms with Crippen LogP contribution in [-0.2, 0) is 15.9 Å². The predicted octanol–water partition coefficient (Wildman–Crippen LogP) is 1.35. The molecule has 1 aliphatic rings. The van der Waals surface area contributed by atoms with Gasteiger partial charge in [0.15, 0.2) is 11.5 Å². The summed E-state index contributed by atoms with van der Waals surface area (Å²) in [6, 6.07) is 3.84. The molecule has 1 heterocycles. The Kier molecular flexibility index (Phi) is 6.10. The predicted molar refractivity (Wildman–Crippen MR) is 78.1 cm³/mol. The SMILES string of the molecule is COCCOCCOc1cc2c(cc1CC(C)N)OCO2. The molecule has 21 heavy (non-hydrogen) atoms. The van der Waals surface area contributed by atoms with Gasteiger partial charge in [-0.3, -0.25) is 0 Å². The van der Waals surface area contributed by atoms with Crippen molar-refractivity contribution >= 4 is 0 Å². The van der Waals surface area contributed by atoms with Crippen LogP contribution in [0, 0.1) is 0 Å². The number of hydrogen-bond donors (Lipinski definition) is 1. The van der Waals surface area contributed by atoms with E-state index >= 15 is 0 Å². The van der Waals surface area contributed by atoms with E-state index in [1.54, 1.807) is 7.11 Å². The minimum Gasteiger partial charge on any atom is -0.491 e. The van der Waals surface area contributed by atoms with Gasteiger partial charge in [0, 0.05) is 19.2 Å². The fraction of sp³-hybridized carbons (Fsp3) is 0.600. The third-order valence-electron chi connectivity index (χ3n) is 3.01. The quantitative estimate of drug-likeness (QED) is 0.694. The van der Waals surface area contributed by atoms with Crippen molar-refractivity contribution in [2.24, 2.45) is 5.73 Å². The van der Waals surface area contributed by atoms with Crippen molar-refractivity contribution in [3.8, 4) is 17.2 Å². The van der Waals surface area contributed by atoms with Crippen molar-refractivity contribution in [2.45, 2.75) is 19.4 Å². The zero-order valence-corrected chi connectivity index (χ0v) is 12.6. The lowest BCUT2D eigenvalue weighted by molar-refractivity contribution is 0.0542. The second kappa shape index (κ2) is 8.07. The van der Waals surface area contributed by atoms with E-state index in [1.807, 2.05) is 19.1 Å². The number of nitrogens with two attached hydrogens (primary N) is 1. The molecule has 1 aliphatic heterocycles. The number of ether oxygens (including phenoxy) is 5. The molecule has 1 aromatic rings. The van der Waals surface area contributed by atoms with Gasteiger partial charge in [-0.05, 0) is 25.0 Å². The summed E-state index contributed by atoms with van der Waals surface area (Å²) in [6.07, 6.45) is 0.719. The van der Waals surface area contributed by atoms with Gasteiger partial charge in [-0.1, -0.05) is 0 Å². The molecule has 0 spiro atoms. The Morgan fingerprint density at radius 1 is 1.14 bits per heavy atom. The first kappa shape index (κ1) is 15.9. The van der Waals surface area contributed by atoms with Crippen molar-refractivity contribution in [3.05, 3.63) is 17.7 Å². The number of hydrogen-bond acceptors (Lipinski definition) is 6. The Morgan fingerprint density at radius 2 is 1.86 bits per heavy atom. The van der Waals surface area contributed by atoms with Crippen LogP contribution in [0.1, 0.15) is 12.5 Å². The van der Waals surface area contributed by atoms with E-state index in [0.717, 1.165) is 23.5 Å². The summed E-state index contributed by atoms with van der Waals surface area (Å²) < 4.78 is 26.8. The summed E-state index contributed by atoms with van der Waals surface area (Å²) in [5.41, 5.74) is 6.90. The van der Waals surface area contributed by atoms with E-state index in [2.05, 4.69) is 0 Å². The Balaban J connectivity index is 1.93.